The van der Waals surface area contributed by atoms with E-state index in [9.17, 15) is 4.57 Å². The quantitative estimate of drug-likeness (QED) is 0.473. The van der Waals surface area contributed by atoms with E-state index < -0.39 is 7.14 Å². The lowest BCUT2D eigenvalue weighted by molar-refractivity contribution is 0.550. The highest BCUT2D eigenvalue weighted by atomic mass is 31.2. The van der Waals surface area contributed by atoms with E-state index in [1.165, 1.54) is 0 Å². The van der Waals surface area contributed by atoms with Crippen LogP contribution in [0.15, 0.2) is 85.1 Å². The second-order valence-electron chi connectivity index (χ2n) is 6.29. The van der Waals surface area contributed by atoms with Gasteiger partial charge in [-0.2, -0.15) is 0 Å². The molecule has 0 radical (unpaired) electrons. The van der Waals surface area contributed by atoms with E-state index in [0.717, 1.165) is 35.7 Å². The van der Waals surface area contributed by atoms with Crippen LogP contribution in [0.4, 0.5) is 0 Å². The van der Waals surface area contributed by atoms with Gasteiger partial charge in [0, 0.05) is 16.8 Å². The predicted molar refractivity (Wildman–Crippen MR) is 110 cm³/mol. The molecule has 3 rings (SSSR count). The maximum absolute atomic E-state index is 14.6. The minimum absolute atomic E-state index is 0.347. The highest BCUT2D eigenvalue weighted by Gasteiger charge is 2.38. The summed E-state index contributed by atoms with van der Waals surface area (Å²) in [5, 5.41) is 5.25. The molecule has 3 aromatic rings. The Balaban J connectivity index is 2.15. The fraction of sp³-hybridized carbons (Fsp3) is 0.227. The van der Waals surface area contributed by atoms with Gasteiger partial charge in [0.15, 0.2) is 7.14 Å². The van der Waals surface area contributed by atoms with E-state index in [2.05, 4.69) is 17.2 Å². The lowest BCUT2D eigenvalue weighted by Crippen LogP contribution is -2.31. The Hall–Kier alpha value is -2.22. The van der Waals surface area contributed by atoms with Crippen LogP contribution < -0.4 is 15.9 Å². The van der Waals surface area contributed by atoms with Crippen molar-refractivity contribution >= 4 is 17.8 Å². The fourth-order valence-corrected chi connectivity index (χ4v) is 6.15. The summed E-state index contributed by atoms with van der Waals surface area (Å²) in [6.07, 6.45) is 3.89. The van der Waals surface area contributed by atoms with Gasteiger partial charge in [-0.1, -0.05) is 80.1 Å². The van der Waals surface area contributed by atoms with Gasteiger partial charge < -0.3 is 9.88 Å². The Morgan fingerprint density at radius 2 is 1.46 bits per heavy atom. The standard InChI is InChI=1S/C22H25N2OP/c1-2-3-17-24-22(21-16-10-11-18-23-21)26(25,19-12-6-4-7-13-19)20-14-8-5-9-15-20/h4-16,18,22,24H,2-3,17H2,1H3/t22-/m1/s1. The summed E-state index contributed by atoms with van der Waals surface area (Å²) in [6, 6.07) is 25.4. The third-order valence-electron chi connectivity index (χ3n) is 4.48. The first-order valence-electron chi connectivity index (χ1n) is 9.12. The number of nitrogens with zero attached hydrogens (tertiary/aromatic N) is 1. The molecule has 0 saturated carbocycles. The number of benzene rings is 2. The van der Waals surface area contributed by atoms with Gasteiger partial charge in [0.2, 0.25) is 0 Å². The van der Waals surface area contributed by atoms with E-state index in [1.807, 2.05) is 78.9 Å². The van der Waals surface area contributed by atoms with Crippen molar-refractivity contribution in [2.24, 2.45) is 0 Å². The van der Waals surface area contributed by atoms with Crippen LogP contribution in [0.3, 0.4) is 0 Å². The summed E-state index contributed by atoms with van der Waals surface area (Å²) in [5.41, 5.74) is 0.819. The monoisotopic (exact) mass is 364 g/mol. The molecule has 0 unspecified atom stereocenters. The molecule has 0 aliphatic carbocycles. The van der Waals surface area contributed by atoms with Gasteiger partial charge in [0.1, 0.15) is 5.78 Å². The van der Waals surface area contributed by atoms with E-state index in [4.69, 9.17) is 0 Å². The van der Waals surface area contributed by atoms with Crippen molar-refractivity contribution in [1.82, 2.24) is 10.3 Å². The van der Waals surface area contributed by atoms with Crippen LogP contribution in [-0.4, -0.2) is 11.5 Å². The summed E-state index contributed by atoms with van der Waals surface area (Å²) in [5.74, 6) is -0.347. The summed E-state index contributed by atoms with van der Waals surface area (Å²) in [7, 11) is -2.97. The summed E-state index contributed by atoms with van der Waals surface area (Å²) in [4.78, 5) is 4.54. The van der Waals surface area contributed by atoms with Gasteiger partial charge in [0.05, 0.1) is 5.69 Å². The van der Waals surface area contributed by atoms with Gasteiger partial charge >= 0.3 is 0 Å². The molecule has 1 N–H and O–H groups in total. The van der Waals surface area contributed by atoms with Crippen molar-refractivity contribution in [1.29, 1.82) is 0 Å². The maximum Gasteiger partial charge on any atom is 0.165 e. The van der Waals surface area contributed by atoms with Crippen LogP contribution >= 0.6 is 7.14 Å². The number of pyridine rings is 1. The maximum atomic E-state index is 14.6. The Bertz CT molecular complexity index is 794. The largest absolute Gasteiger partial charge is 0.312 e. The Morgan fingerprint density at radius 1 is 0.885 bits per heavy atom. The molecule has 0 amide bonds. The van der Waals surface area contributed by atoms with Crippen molar-refractivity contribution in [3.8, 4) is 0 Å². The first kappa shape index (κ1) is 18.6. The van der Waals surface area contributed by atoms with Crippen molar-refractivity contribution in [2.45, 2.75) is 25.5 Å². The molecular formula is C22H25N2OP. The summed E-state index contributed by atoms with van der Waals surface area (Å²) in [6.45, 7) is 2.97. The zero-order valence-electron chi connectivity index (χ0n) is 15.1. The Morgan fingerprint density at radius 3 is 1.96 bits per heavy atom. The molecule has 0 spiro atoms. The molecule has 0 saturated heterocycles. The first-order chi connectivity index (χ1) is 12.8. The average molecular weight is 364 g/mol. The Kier molecular flexibility index (Phi) is 6.38. The van der Waals surface area contributed by atoms with Crippen LogP contribution in [0.1, 0.15) is 31.2 Å². The van der Waals surface area contributed by atoms with Crippen LogP contribution in [0.25, 0.3) is 0 Å². The topological polar surface area (TPSA) is 42.0 Å². The van der Waals surface area contributed by atoms with Crippen molar-refractivity contribution < 1.29 is 4.57 Å². The smallest absolute Gasteiger partial charge is 0.165 e. The number of unbranched alkanes of at least 4 members (excludes halogenated alkanes) is 1. The zero-order valence-corrected chi connectivity index (χ0v) is 16.0. The minimum atomic E-state index is -2.97. The lowest BCUT2D eigenvalue weighted by atomic mass is 10.3. The predicted octanol–water partition coefficient (Wildman–Crippen LogP) is 4.48. The highest BCUT2D eigenvalue weighted by Crippen LogP contribution is 2.55. The van der Waals surface area contributed by atoms with E-state index in [1.54, 1.807) is 6.20 Å². The number of hydrogen-bond donors (Lipinski definition) is 1. The first-order valence-corrected chi connectivity index (χ1v) is 10.9. The minimum Gasteiger partial charge on any atom is -0.312 e. The molecule has 26 heavy (non-hydrogen) atoms. The molecule has 1 atom stereocenters. The molecule has 0 aliphatic heterocycles. The second-order valence-corrected chi connectivity index (χ2v) is 9.16. The van der Waals surface area contributed by atoms with Gasteiger partial charge in [-0.15, -0.1) is 0 Å². The molecule has 0 aliphatic rings. The zero-order chi connectivity index (χ0) is 18.2. The molecule has 0 fully saturated rings. The molecule has 3 nitrogen and oxygen atoms in total. The fourth-order valence-electron chi connectivity index (χ4n) is 3.12. The SMILES string of the molecule is CCCCN[C@@H](c1ccccn1)P(=O)(c1ccccc1)c1ccccc1. The second kappa shape index (κ2) is 8.93. The van der Waals surface area contributed by atoms with Crippen LogP contribution in [0.2, 0.25) is 0 Å². The van der Waals surface area contributed by atoms with Crippen LogP contribution in [0, 0.1) is 0 Å². The Labute approximate surface area is 155 Å². The van der Waals surface area contributed by atoms with Crippen molar-refractivity contribution in [3.05, 3.63) is 90.8 Å². The highest BCUT2D eigenvalue weighted by molar-refractivity contribution is 7.79. The average Bonchev–Trinajstić information content (AvgIpc) is 2.73. The molecular weight excluding hydrogens is 339 g/mol. The van der Waals surface area contributed by atoms with Gasteiger partial charge in [0.25, 0.3) is 0 Å². The summed E-state index contributed by atoms with van der Waals surface area (Å²) >= 11 is 0. The number of aromatic nitrogens is 1. The molecule has 134 valence electrons. The summed E-state index contributed by atoms with van der Waals surface area (Å²) < 4.78 is 14.6. The van der Waals surface area contributed by atoms with E-state index in [0.29, 0.717) is 0 Å². The normalized spacial score (nSPS) is 12.7. The molecule has 1 heterocycles. The number of rotatable bonds is 8. The number of hydrogen-bond acceptors (Lipinski definition) is 3. The van der Waals surface area contributed by atoms with Gasteiger partial charge in [-0.3, -0.25) is 4.98 Å². The van der Waals surface area contributed by atoms with Crippen molar-refractivity contribution in [2.75, 3.05) is 6.54 Å². The molecule has 0 bridgehead atoms. The van der Waals surface area contributed by atoms with Gasteiger partial charge in [-0.25, -0.2) is 0 Å². The van der Waals surface area contributed by atoms with Crippen molar-refractivity contribution in [3.63, 3.8) is 0 Å². The number of nitrogens with one attached hydrogen (secondary N) is 1. The molecule has 1 aromatic heterocycles. The molecule has 2 aromatic carbocycles. The van der Waals surface area contributed by atoms with E-state index in [-0.39, 0.29) is 5.78 Å². The third-order valence-corrected chi connectivity index (χ3v) is 7.78. The van der Waals surface area contributed by atoms with E-state index >= 15 is 0 Å². The van der Waals surface area contributed by atoms with Gasteiger partial charge in [-0.05, 0) is 25.1 Å². The third kappa shape index (κ3) is 3.95. The van der Waals surface area contributed by atoms with Crippen LogP contribution in [-0.2, 0) is 4.57 Å². The molecule has 4 heteroatoms. The lowest BCUT2D eigenvalue weighted by Gasteiger charge is -2.29. The van der Waals surface area contributed by atoms with Crippen LogP contribution in [0.5, 0.6) is 0 Å².